The zero-order valence-electron chi connectivity index (χ0n) is 10.3. The fraction of sp³-hybridized carbons (Fsp3) is 0.462. The first kappa shape index (κ1) is 14.9. The summed E-state index contributed by atoms with van der Waals surface area (Å²) in [6.07, 6.45) is 1.27. The van der Waals surface area contributed by atoms with Crippen molar-refractivity contribution >= 4 is 17.6 Å². The quantitative estimate of drug-likeness (QED) is 0.830. The molecule has 1 N–H and O–H groups in total. The van der Waals surface area contributed by atoms with Crippen LogP contribution in [0.5, 0.6) is 0 Å². The van der Waals surface area contributed by atoms with E-state index in [1.807, 2.05) is 6.92 Å². The average molecular weight is 274 g/mol. The Kier molecular flexibility index (Phi) is 6.09. The van der Waals surface area contributed by atoms with Gasteiger partial charge in [-0.25, -0.2) is 4.39 Å². The Hall–Kier alpha value is -1.13. The number of carboxylic acids is 1. The van der Waals surface area contributed by atoms with Gasteiger partial charge >= 0.3 is 5.97 Å². The first-order valence-corrected chi connectivity index (χ1v) is 6.29. The van der Waals surface area contributed by atoms with E-state index in [0.717, 1.165) is 6.42 Å². The lowest BCUT2D eigenvalue weighted by Crippen LogP contribution is -2.32. The molecule has 0 aromatic heterocycles. The first-order valence-electron chi connectivity index (χ1n) is 5.91. The maximum atomic E-state index is 13.5. The summed E-state index contributed by atoms with van der Waals surface area (Å²) in [5, 5.41) is 9.17. The third kappa shape index (κ3) is 4.63. The van der Waals surface area contributed by atoms with E-state index in [2.05, 4.69) is 0 Å². The molecule has 1 aromatic carbocycles. The van der Waals surface area contributed by atoms with E-state index in [0.29, 0.717) is 30.1 Å². The Balaban J connectivity index is 2.63. The first-order chi connectivity index (χ1) is 8.54. The summed E-state index contributed by atoms with van der Waals surface area (Å²) in [4.78, 5) is 12.5. The molecule has 0 bridgehead atoms. The van der Waals surface area contributed by atoms with Gasteiger partial charge < -0.3 is 5.11 Å². The zero-order chi connectivity index (χ0) is 13.5. The van der Waals surface area contributed by atoms with Gasteiger partial charge in [0.05, 0.1) is 6.54 Å². The minimum Gasteiger partial charge on any atom is -0.480 e. The second kappa shape index (κ2) is 7.34. The van der Waals surface area contributed by atoms with Crippen molar-refractivity contribution in [2.75, 3.05) is 19.6 Å². The van der Waals surface area contributed by atoms with Crippen LogP contribution in [-0.4, -0.2) is 35.6 Å². The third-order valence-corrected chi connectivity index (χ3v) is 2.99. The molecule has 0 atom stereocenters. The highest BCUT2D eigenvalue weighted by molar-refractivity contribution is 6.31. The van der Waals surface area contributed by atoms with Gasteiger partial charge in [-0.05, 0) is 31.5 Å². The second-order valence-electron chi connectivity index (χ2n) is 4.12. The van der Waals surface area contributed by atoms with E-state index in [1.165, 1.54) is 6.07 Å². The molecule has 100 valence electrons. The normalized spacial score (nSPS) is 10.9. The van der Waals surface area contributed by atoms with Crippen LogP contribution >= 0.6 is 11.6 Å². The molecule has 5 heteroatoms. The summed E-state index contributed by atoms with van der Waals surface area (Å²) in [6.45, 7) is 3.12. The van der Waals surface area contributed by atoms with Crippen LogP contribution in [0.1, 0.15) is 18.9 Å². The molecule has 0 radical (unpaired) electrons. The number of hydrogen-bond donors (Lipinski definition) is 1. The van der Waals surface area contributed by atoms with E-state index in [1.54, 1.807) is 17.0 Å². The van der Waals surface area contributed by atoms with E-state index >= 15 is 0 Å². The monoisotopic (exact) mass is 273 g/mol. The van der Waals surface area contributed by atoms with Crippen LogP contribution in [0, 0.1) is 5.82 Å². The molecule has 3 nitrogen and oxygen atoms in total. The van der Waals surface area contributed by atoms with Crippen LogP contribution in [0.2, 0.25) is 5.02 Å². The molecule has 0 saturated heterocycles. The molecule has 1 rings (SSSR count). The topological polar surface area (TPSA) is 40.5 Å². The predicted octanol–water partition coefficient (Wildman–Crippen LogP) is 2.82. The zero-order valence-corrected chi connectivity index (χ0v) is 11.1. The van der Waals surface area contributed by atoms with Crippen LogP contribution in [0.4, 0.5) is 4.39 Å². The van der Waals surface area contributed by atoms with Gasteiger partial charge in [-0.3, -0.25) is 9.69 Å². The Morgan fingerprint density at radius 2 is 2.17 bits per heavy atom. The van der Waals surface area contributed by atoms with Crippen molar-refractivity contribution < 1.29 is 14.3 Å². The number of rotatable bonds is 7. The number of nitrogens with zero attached hydrogens (tertiary/aromatic N) is 1. The van der Waals surface area contributed by atoms with E-state index in [4.69, 9.17) is 16.7 Å². The molecule has 1 aromatic rings. The van der Waals surface area contributed by atoms with Gasteiger partial charge in [0.25, 0.3) is 0 Å². The van der Waals surface area contributed by atoms with Crippen LogP contribution in [0.3, 0.4) is 0 Å². The highest BCUT2D eigenvalue weighted by Crippen LogP contribution is 2.19. The molecule has 0 amide bonds. The fourth-order valence-electron chi connectivity index (χ4n) is 1.82. The summed E-state index contributed by atoms with van der Waals surface area (Å²) in [5.41, 5.74) is 0.450. The summed E-state index contributed by atoms with van der Waals surface area (Å²) in [6, 6.07) is 4.56. The maximum Gasteiger partial charge on any atom is 0.317 e. The van der Waals surface area contributed by atoms with Crippen molar-refractivity contribution in [3.63, 3.8) is 0 Å². The van der Waals surface area contributed by atoms with Crippen molar-refractivity contribution in [3.8, 4) is 0 Å². The summed E-state index contributed by atoms with van der Waals surface area (Å²) >= 11 is 5.92. The van der Waals surface area contributed by atoms with Gasteiger partial charge in [0, 0.05) is 17.1 Å². The summed E-state index contributed by atoms with van der Waals surface area (Å²) in [7, 11) is 0. The van der Waals surface area contributed by atoms with Gasteiger partial charge in [0.15, 0.2) is 0 Å². The standard InChI is InChI=1S/C13H17ClFNO2/c1-2-7-16(9-13(17)18)8-6-10-11(14)4-3-5-12(10)15/h3-5H,2,6-9H2,1H3,(H,17,18). The van der Waals surface area contributed by atoms with Crippen molar-refractivity contribution in [3.05, 3.63) is 34.6 Å². The van der Waals surface area contributed by atoms with E-state index < -0.39 is 5.97 Å². The van der Waals surface area contributed by atoms with E-state index in [-0.39, 0.29) is 12.4 Å². The molecular weight excluding hydrogens is 257 g/mol. The van der Waals surface area contributed by atoms with E-state index in [9.17, 15) is 9.18 Å². The number of carbonyl (C=O) groups is 1. The Labute approximate surface area is 111 Å². The SMILES string of the molecule is CCCN(CCc1c(F)cccc1Cl)CC(=O)O. The maximum absolute atomic E-state index is 13.5. The molecule has 0 heterocycles. The molecule has 0 aliphatic carbocycles. The average Bonchev–Trinajstić information content (AvgIpc) is 2.27. The molecule has 0 saturated carbocycles. The van der Waals surface area contributed by atoms with Gasteiger partial charge in [0.2, 0.25) is 0 Å². The lowest BCUT2D eigenvalue weighted by molar-refractivity contribution is -0.138. The van der Waals surface area contributed by atoms with Crippen LogP contribution in [-0.2, 0) is 11.2 Å². The minimum atomic E-state index is -0.872. The van der Waals surface area contributed by atoms with Crippen molar-refractivity contribution in [2.45, 2.75) is 19.8 Å². The molecule has 0 spiro atoms. The minimum absolute atomic E-state index is 0.0279. The largest absolute Gasteiger partial charge is 0.480 e. The molecule has 0 fully saturated rings. The lowest BCUT2D eigenvalue weighted by atomic mass is 10.1. The van der Waals surface area contributed by atoms with Gasteiger partial charge in [-0.15, -0.1) is 0 Å². The molecule has 18 heavy (non-hydrogen) atoms. The number of aliphatic carboxylic acids is 1. The van der Waals surface area contributed by atoms with Gasteiger partial charge in [-0.2, -0.15) is 0 Å². The molecule has 0 unspecified atom stereocenters. The highest BCUT2D eigenvalue weighted by atomic mass is 35.5. The second-order valence-corrected chi connectivity index (χ2v) is 4.53. The summed E-state index contributed by atoms with van der Waals surface area (Å²) < 4.78 is 13.5. The third-order valence-electron chi connectivity index (χ3n) is 2.64. The van der Waals surface area contributed by atoms with Gasteiger partial charge in [-0.1, -0.05) is 24.6 Å². The fourth-order valence-corrected chi connectivity index (χ4v) is 2.08. The number of halogens is 2. The van der Waals surface area contributed by atoms with Crippen molar-refractivity contribution in [1.29, 1.82) is 0 Å². The smallest absolute Gasteiger partial charge is 0.317 e. The van der Waals surface area contributed by atoms with Crippen molar-refractivity contribution in [2.24, 2.45) is 0 Å². The Bertz CT molecular complexity index is 392. The Morgan fingerprint density at radius 1 is 1.44 bits per heavy atom. The lowest BCUT2D eigenvalue weighted by Gasteiger charge is -2.19. The van der Waals surface area contributed by atoms with Crippen molar-refractivity contribution in [1.82, 2.24) is 4.90 Å². The number of hydrogen-bond acceptors (Lipinski definition) is 2. The predicted molar refractivity (Wildman–Crippen MR) is 69.5 cm³/mol. The van der Waals surface area contributed by atoms with Gasteiger partial charge in [0.1, 0.15) is 5.82 Å². The number of benzene rings is 1. The molecular formula is C13H17ClFNO2. The molecule has 0 aliphatic heterocycles. The van der Waals surface area contributed by atoms with Crippen LogP contribution < -0.4 is 0 Å². The highest BCUT2D eigenvalue weighted by Gasteiger charge is 2.12. The number of carboxylic acid groups (broad SMARTS) is 1. The molecule has 0 aliphatic rings. The summed E-state index contributed by atoms with van der Waals surface area (Å²) in [5.74, 6) is -1.21. The van der Waals surface area contributed by atoms with Crippen LogP contribution in [0.15, 0.2) is 18.2 Å². The Morgan fingerprint density at radius 3 is 2.72 bits per heavy atom. The van der Waals surface area contributed by atoms with Crippen LogP contribution in [0.25, 0.3) is 0 Å².